The molecule has 1 amide bonds. The van der Waals surface area contributed by atoms with Gasteiger partial charge in [0, 0.05) is 44.2 Å². The molecule has 1 fully saturated rings. The van der Waals surface area contributed by atoms with Crippen molar-refractivity contribution >= 4 is 11.9 Å². The minimum Gasteiger partial charge on any atom is -0.368 e. The van der Waals surface area contributed by atoms with Gasteiger partial charge in [-0.1, -0.05) is 0 Å². The van der Waals surface area contributed by atoms with Crippen molar-refractivity contribution in [2.24, 2.45) is 0 Å². The molecular formula is C17H21N5O3. The minimum atomic E-state index is -0.317. The lowest BCUT2D eigenvalue weighted by Crippen LogP contribution is -2.42. The molecule has 3 rings (SSSR count). The van der Waals surface area contributed by atoms with E-state index in [1.54, 1.807) is 30.2 Å². The molecule has 2 aromatic heterocycles. The van der Waals surface area contributed by atoms with Crippen LogP contribution in [-0.2, 0) is 4.74 Å². The molecule has 8 nitrogen and oxygen atoms in total. The largest absolute Gasteiger partial charge is 0.368 e. The number of carbonyl (C=O) groups is 1. The predicted molar refractivity (Wildman–Crippen MR) is 92.8 cm³/mol. The number of anilines is 1. The number of morpholine rings is 1. The van der Waals surface area contributed by atoms with Gasteiger partial charge in [-0.05, 0) is 19.1 Å². The van der Waals surface area contributed by atoms with Gasteiger partial charge < -0.3 is 19.5 Å². The summed E-state index contributed by atoms with van der Waals surface area (Å²) in [4.78, 5) is 39.2. The lowest BCUT2D eigenvalue weighted by atomic mass is 10.1. The standard InChI is InChI=1S/C17H21N5O3/c1-11-8-12(9-15(23)19-11)16(24)22-6-7-25-14(10-22)13-4-5-18-17(20-13)21(2)3/h4-5,8-9,14H,6-7,10H2,1-3H3,(H,19,23)/t14-/m0/s1. The number of pyridine rings is 1. The molecule has 3 heterocycles. The molecule has 1 saturated heterocycles. The predicted octanol–water partition coefficient (Wildman–Crippen LogP) is 0.753. The van der Waals surface area contributed by atoms with Gasteiger partial charge in [0.1, 0.15) is 6.10 Å². The lowest BCUT2D eigenvalue weighted by molar-refractivity contribution is -0.0247. The second kappa shape index (κ2) is 7.02. The highest BCUT2D eigenvalue weighted by Crippen LogP contribution is 2.22. The number of hydrogen-bond donors (Lipinski definition) is 1. The van der Waals surface area contributed by atoms with E-state index in [0.717, 1.165) is 5.69 Å². The Hall–Kier alpha value is -2.74. The van der Waals surface area contributed by atoms with Crippen LogP contribution in [0.25, 0.3) is 0 Å². The van der Waals surface area contributed by atoms with E-state index in [-0.39, 0.29) is 17.6 Å². The quantitative estimate of drug-likeness (QED) is 0.884. The third kappa shape index (κ3) is 3.85. The number of nitrogens with one attached hydrogen (secondary N) is 1. The summed E-state index contributed by atoms with van der Waals surface area (Å²) < 4.78 is 5.79. The number of carbonyl (C=O) groups excluding carboxylic acids is 1. The summed E-state index contributed by atoms with van der Waals surface area (Å²) in [7, 11) is 3.73. The zero-order valence-electron chi connectivity index (χ0n) is 14.5. The molecule has 1 atom stereocenters. The Labute approximate surface area is 145 Å². The van der Waals surface area contributed by atoms with Crippen molar-refractivity contribution in [3.8, 4) is 0 Å². The summed E-state index contributed by atoms with van der Waals surface area (Å²) in [5.74, 6) is 0.416. The second-order valence-corrected chi connectivity index (χ2v) is 6.20. The van der Waals surface area contributed by atoms with E-state index in [9.17, 15) is 9.59 Å². The fourth-order valence-electron chi connectivity index (χ4n) is 2.76. The molecule has 1 aliphatic rings. The number of rotatable bonds is 3. The van der Waals surface area contributed by atoms with Crippen molar-refractivity contribution in [1.29, 1.82) is 0 Å². The van der Waals surface area contributed by atoms with Crippen LogP contribution in [0.4, 0.5) is 5.95 Å². The first-order chi connectivity index (χ1) is 11.9. The van der Waals surface area contributed by atoms with Gasteiger partial charge in [0.05, 0.1) is 18.8 Å². The Morgan fingerprint density at radius 2 is 2.20 bits per heavy atom. The highest BCUT2D eigenvalue weighted by atomic mass is 16.5. The number of aromatic amines is 1. The number of H-pyrrole nitrogens is 1. The number of nitrogens with zero attached hydrogens (tertiary/aromatic N) is 4. The molecule has 1 N–H and O–H groups in total. The number of hydrogen-bond acceptors (Lipinski definition) is 6. The van der Waals surface area contributed by atoms with Crippen LogP contribution >= 0.6 is 0 Å². The third-order valence-corrected chi connectivity index (χ3v) is 3.97. The van der Waals surface area contributed by atoms with Crippen molar-refractivity contribution in [3.05, 3.63) is 51.7 Å². The summed E-state index contributed by atoms with van der Waals surface area (Å²) in [5.41, 5.74) is 1.50. The van der Waals surface area contributed by atoms with Gasteiger partial charge in [-0.15, -0.1) is 0 Å². The molecule has 1 aliphatic heterocycles. The van der Waals surface area contributed by atoms with Crippen LogP contribution in [-0.4, -0.2) is 59.6 Å². The van der Waals surface area contributed by atoms with Crippen LogP contribution in [0.1, 0.15) is 27.8 Å². The molecule has 132 valence electrons. The highest BCUT2D eigenvalue weighted by molar-refractivity contribution is 5.94. The lowest BCUT2D eigenvalue weighted by Gasteiger charge is -2.33. The fraction of sp³-hybridized carbons (Fsp3) is 0.412. The summed E-state index contributed by atoms with van der Waals surface area (Å²) in [5, 5.41) is 0. The molecule has 25 heavy (non-hydrogen) atoms. The average molecular weight is 343 g/mol. The van der Waals surface area contributed by atoms with Gasteiger partial charge in [0.2, 0.25) is 11.5 Å². The van der Waals surface area contributed by atoms with Gasteiger partial charge in [-0.2, -0.15) is 0 Å². The van der Waals surface area contributed by atoms with E-state index >= 15 is 0 Å². The first-order valence-corrected chi connectivity index (χ1v) is 8.06. The van der Waals surface area contributed by atoms with E-state index in [1.807, 2.05) is 19.0 Å². The van der Waals surface area contributed by atoms with Gasteiger partial charge in [-0.3, -0.25) is 9.59 Å². The average Bonchev–Trinajstić information content (AvgIpc) is 2.60. The van der Waals surface area contributed by atoms with Crippen molar-refractivity contribution < 1.29 is 9.53 Å². The molecule has 0 aromatic carbocycles. The van der Waals surface area contributed by atoms with Gasteiger partial charge in [0.25, 0.3) is 5.91 Å². The van der Waals surface area contributed by atoms with Crippen molar-refractivity contribution in [1.82, 2.24) is 19.9 Å². The molecule has 8 heteroatoms. The molecule has 0 saturated carbocycles. The second-order valence-electron chi connectivity index (χ2n) is 6.20. The Kier molecular flexibility index (Phi) is 4.80. The summed E-state index contributed by atoms with van der Waals surface area (Å²) in [6, 6.07) is 4.81. The normalized spacial score (nSPS) is 17.4. The van der Waals surface area contributed by atoms with Crippen molar-refractivity contribution in [3.63, 3.8) is 0 Å². The topological polar surface area (TPSA) is 91.4 Å². The van der Waals surface area contributed by atoms with Gasteiger partial charge in [0.15, 0.2) is 0 Å². The number of ether oxygens (including phenoxy) is 1. The van der Waals surface area contributed by atoms with E-state index in [0.29, 0.717) is 36.9 Å². The molecule has 0 aliphatic carbocycles. The maximum absolute atomic E-state index is 12.7. The zero-order chi connectivity index (χ0) is 18.0. The van der Waals surface area contributed by atoms with E-state index in [4.69, 9.17) is 4.74 Å². The third-order valence-electron chi connectivity index (χ3n) is 3.97. The van der Waals surface area contributed by atoms with Crippen LogP contribution in [0.3, 0.4) is 0 Å². The highest BCUT2D eigenvalue weighted by Gasteiger charge is 2.27. The number of aromatic nitrogens is 3. The molecular weight excluding hydrogens is 322 g/mol. The maximum atomic E-state index is 12.7. The van der Waals surface area contributed by atoms with Crippen molar-refractivity contribution in [2.75, 3.05) is 38.7 Å². The molecule has 2 aromatic rings. The fourth-order valence-corrected chi connectivity index (χ4v) is 2.76. The summed E-state index contributed by atoms with van der Waals surface area (Å²) >= 11 is 0. The Balaban J connectivity index is 1.80. The van der Waals surface area contributed by atoms with Crippen LogP contribution < -0.4 is 10.5 Å². The first-order valence-electron chi connectivity index (χ1n) is 8.06. The summed E-state index contributed by atoms with van der Waals surface area (Å²) in [6.45, 7) is 3.03. The SMILES string of the molecule is Cc1cc(C(=O)N2CCO[C@H](c3ccnc(N(C)C)n3)C2)cc(=O)[nH]1. The monoisotopic (exact) mass is 343 g/mol. The van der Waals surface area contributed by atoms with Gasteiger partial charge >= 0.3 is 0 Å². The Bertz CT molecular complexity index is 833. The van der Waals surface area contributed by atoms with Crippen LogP contribution in [0, 0.1) is 6.92 Å². The van der Waals surface area contributed by atoms with Crippen molar-refractivity contribution in [2.45, 2.75) is 13.0 Å². The molecule has 0 bridgehead atoms. The van der Waals surface area contributed by atoms with E-state index < -0.39 is 0 Å². The number of amides is 1. The molecule has 0 spiro atoms. The van der Waals surface area contributed by atoms with Crippen LogP contribution in [0.15, 0.2) is 29.2 Å². The number of aryl methyl sites for hydroxylation is 1. The first kappa shape index (κ1) is 17.1. The Morgan fingerprint density at radius 1 is 1.40 bits per heavy atom. The molecule has 0 unspecified atom stereocenters. The smallest absolute Gasteiger partial charge is 0.254 e. The Morgan fingerprint density at radius 3 is 2.92 bits per heavy atom. The van der Waals surface area contributed by atoms with Gasteiger partial charge in [-0.25, -0.2) is 9.97 Å². The van der Waals surface area contributed by atoms with E-state index in [1.165, 1.54) is 6.07 Å². The molecule has 0 radical (unpaired) electrons. The summed E-state index contributed by atoms with van der Waals surface area (Å²) in [6.07, 6.45) is 1.37. The van der Waals surface area contributed by atoms with Crippen LogP contribution in [0.5, 0.6) is 0 Å². The van der Waals surface area contributed by atoms with Crippen LogP contribution in [0.2, 0.25) is 0 Å². The van der Waals surface area contributed by atoms with E-state index in [2.05, 4.69) is 15.0 Å². The minimum absolute atomic E-state index is 0.176. The maximum Gasteiger partial charge on any atom is 0.254 e. The zero-order valence-corrected chi connectivity index (χ0v) is 14.5.